The van der Waals surface area contributed by atoms with Crippen molar-refractivity contribution in [3.05, 3.63) is 76.9 Å². The highest BCUT2D eigenvalue weighted by molar-refractivity contribution is 6.05. The SMILES string of the molecule is CCC(C)(C)C(NC(=O)c1ccc2cc(C)ccc2c1OCc1ccc(C(F)(F)F)cc1)C(=O)O. The summed E-state index contributed by atoms with van der Waals surface area (Å²) >= 11 is 0. The van der Waals surface area contributed by atoms with Crippen LogP contribution in [0.1, 0.15) is 54.2 Å². The maximum absolute atomic E-state index is 13.2. The van der Waals surface area contributed by atoms with Crippen LogP contribution in [0.25, 0.3) is 10.8 Å². The van der Waals surface area contributed by atoms with Crippen molar-refractivity contribution < 1.29 is 32.6 Å². The van der Waals surface area contributed by atoms with Gasteiger partial charge in [0.25, 0.3) is 5.91 Å². The molecule has 2 N–H and O–H groups in total. The van der Waals surface area contributed by atoms with Gasteiger partial charge in [0, 0.05) is 5.39 Å². The van der Waals surface area contributed by atoms with Crippen molar-refractivity contribution in [2.75, 3.05) is 0 Å². The largest absolute Gasteiger partial charge is 0.487 e. The van der Waals surface area contributed by atoms with E-state index in [0.717, 1.165) is 23.1 Å². The van der Waals surface area contributed by atoms with Gasteiger partial charge in [0.1, 0.15) is 18.4 Å². The number of halogens is 3. The zero-order chi connectivity index (χ0) is 26.0. The molecule has 8 heteroatoms. The lowest BCUT2D eigenvalue weighted by atomic mass is 9.81. The van der Waals surface area contributed by atoms with E-state index in [1.807, 2.05) is 26.0 Å². The third-order valence-corrected chi connectivity index (χ3v) is 6.25. The molecule has 0 saturated heterocycles. The Morgan fingerprint density at radius 2 is 1.69 bits per heavy atom. The molecule has 0 aromatic heterocycles. The van der Waals surface area contributed by atoms with Crippen LogP contribution in [0.15, 0.2) is 54.6 Å². The lowest BCUT2D eigenvalue weighted by Crippen LogP contribution is -2.50. The number of nitrogens with one attached hydrogen (secondary N) is 1. The number of rotatable bonds is 8. The van der Waals surface area contributed by atoms with Gasteiger partial charge in [-0.05, 0) is 47.9 Å². The molecule has 0 aliphatic rings. The fourth-order valence-electron chi connectivity index (χ4n) is 3.70. The number of aryl methyl sites for hydroxylation is 1. The molecule has 0 heterocycles. The summed E-state index contributed by atoms with van der Waals surface area (Å²) in [6.45, 7) is 7.22. The first-order chi connectivity index (χ1) is 16.3. The summed E-state index contributed by atoms with van der Waals surface area (Å²) < 4.78 is 44.6. The van der Waals surface area contributed by atoms with Crippen molar-refractivity contribution in [1.82, 2.24) is 5.32 Å². The van der Waals surface area contributed by atoms with Crippen LogP contribution in [0.4, 0.5) is 13.2 Å². The predicted octanol–water partition coefficient (Wildman–Crippen LogP) is 6.37. The quantitative estimate of drug-likeness (QED) is 0.387. The van der Waals surface area contributed by atoms with Gasteiger partial charge in [-0.3, -0.25) is 4.79 Å². The molecule has 1 unspecified atom stereocenters. The van der Waals surface area contributed by atoms with E-state index >= 15 is 0 Å². The molecule has 1 atom stereocenters. The van der Waals surface area contributed by atoms with E-state index < -0.39 is 35.1 Å². The van der Waals surface area contributed by atoms with Crippen LogP contribution >= 0.6 is 0 Å². The van der Waals surface area contributed by atoms with Crippen molar-refractivity contribution in [3.63, 3.8) is 0 Å². The number of aliphatic carboxylic acids is 1. The summed E-state index contributed by atoms with van der Waals surface area (Å²) in [6.07, 6.45) is -3.91. The van der Waals surface area contributed by atoms with Gasteiger partial charge in [-0.25, -0.2) is 4.79 Å². The first-order valence-corrected chi connectivity index (χ1v) is 11.2. The Hall–Kier alpha value is -3.55. The summed E-state index contributed by atoms with van der Waals surface area (Å²) in [5.74, 6) is -1.52. The molecule has 3 aromatic carbocycles. The number of hydrogen-bond donors (Lipinski definition) is 2. The zero-order valence-electron chi connectivity index (χ0n) is 20.0. The second-order valence-corrected chi connectivity index (χ2v) is 9.24. The summed E-state index contributed by atoms with van der Waals surface area (Å²) in [4.78, 5) is 25.1. The van der Waals surface area contributed by atoms with Gasteiger partial charge in [0.2, 0.25) is 0 Å². The zero-order valence-corrected chi connectivity index (χ0v) is 20.0. The highest BCUT2D eigenvalue weighted by Crippen LogP contribution is 2.33. The Kier molecular flexibility index (Phi) is 7.43. The van der Waals surface area contributed by atoms with Crippen LogP contribution in [0.5, 0.6) is 5.75 Å². The van der Waals surface area contributed by atoms with Crippen molar-refractivity contribution in [2.45, 2.75) is 52.9 Å². The maximum Gasteiger partial charge on any atom is 0.416 e. The molecule has 0 aliphatic heterocycles. The molecule has 1 amide bonds. The lowest BCUT2D eigenvalue weighted by Gasteiger charge is -2.31. The van der Waals surface area contributed by atoms with Gasteiger partial charge in [0.15, 0.2) is 0 Å². The third-order valence-electron chi connectivity index (χ3n) is 6.25. The number of ether oxygens (including phenoxy) is 1. The molecule has 186 valence electrons. The van der Waals surface area contributed by atoms with Gasteiger partial charge in [-0.2, -0.15) is 13.2 Å². The van der Waals surface area contributed by atoms with Gasteiger partial charge >= 0.3 is 12.1 Å². The van der Waals surface area contributed by atoms with Crippen LogP contribution in [-0.4, -0.2) is 23.0 Å². The Morgan fingerprint density at radius 3 is 2.26 bits per heavy atom. The predicted molar refractivity (Wildman–Crippen MR) is 127 cm³/mol. The summed E-state index contributed by atoms with van der Waals surface area (Å²) in [5.41, 5.74) is 0.172. The first kappa shape index (κ1) is 26.1. The van der Waals surface area contributed by atoms with Crippen molar-refractivity contribution in [3.8, 4) is 5.75 Å². The molecular formula is C27H28F3NO4. The number of carbonyl (C=O) groups excluding carboxylic acids is 1. The topological polar surface area (TPSA) is 75.6 Å². The molecule has 0 aliphatic carbocycles. The molecule has 0 saturated carbocycles. The van der Waals surface area contributed by atoms with Gasteiger partial charge in [-0.1, -0.05) is 62.7 Å². The van der Waals surface area contributed by atoms with E-state index in [4.69, 9.17) is 4.74 Å². The Morgan fingerprint density at radius 1 is 1.03 bits per heavy atom. The minimum atomic E-state index is -4.44. The van der Waals surface area contributed by atoms with E-state index in [1.165, 1.54) is 12.1 Å². The number of amides is 1. The monoisotopic (exact) mass is 487 g/mol. The molecular weight excluding hydrogens is 459 g/mol. The van der Waals surface area contributed by atoms with E-state index in [-0.39, 0.29) is 17.9 Å². The number of alkyl halides is 3. The summed E-state index contributed by atoms with van der Waals surface area (Å²) in [7, 11) is 0. The number of hydrogen-bond acceptors (Lipinski definition) is 3. The van der Waals surface area contributed by atoms with E-state index in [2.05, 4.69) is 5.32 Å². The first-order valence-electron chi connectivity index (χ1n) is 11.2. The fraction of sp³-hybridized carbons (Fsp3) is 0.333. The average Bonchev–Trinajstić information content (AvgIpc) is 2.79. The molecule has 3 rings (SSSR count). The summed E-state index contributed by atoms with van der Waals surface area (Å²) in [5, 5.41) is 13.8. The minimum absolute atomic E-state index is 0.0752. The number of carboxylic acid groups (broad SMARTS) is 1. The van der Waals surface area contributed by atoms with E-state index in [1.54, 1.807) is 32.0 Å². The Bertz CT molecular complexity index is 1230. The van der Waals surface area contributed by atoms with Crippen LogP contribution in [-0.2, 0) is 17.6 Å². The third kappa shape index (κ3) is 5.93. The molecule has 0 bridgehead atoms. The molecule has 0 radical (unpaired) electrons. The molecule has 3 aromatic rings. The van der Waals surface area contributed by atoms with Crippen LogP contribution in [0.3, 0.4) is 0 Å². The number of fused-ring (bicyclic) bond motifs is 1. The van der Waals surface area contributed by atoms with E-state index in [9.17, 15) is 27.9 Å². The van der Waals surface area contributed by atoms with Gasteiger partial charge in [0.05, 0.1) is 11.1 Å². The fourth-order valence-corrected chi connectivity index (χ4v) is 3.70. The average molecular weight is 488 g/mol. The number of benzene rings is 3. The smallest absolute Gasteiger partial charge is 0.416 e. The van der Waals surface area contributed by atoms with Crippen molar-refractivity contribution in [2.24, 2.45) is 5.41 Å². The second-order valence-electron chi connectivity index (χ2n) is 9.24. The Labute approximate surface area is 201 Å². The highest BCUT2D eigenvalue weighted by Gasteiger charge is 2.36. The highest BCUT2D eigenvalue weighted by atomic mass is 19.4. The van der Waals surface area contributed by atoms with Crippen LogP contribution < -0.4 is 10.1 Å². The number of carboxylic acids is 1. The minimum Gasteiger partial charge on any atom is -0.487 e. The van der Waals surface area contributed by atoms with E-state index in [0.29, 0.717) is 17.4 Å². The number of carbonyl (C=O) groups is 2. The second kappa shape index (κ2) is 9.98. The van der Waals surface area contributed by atoms with Crippen molar-refractivity contribution >= 4 is 22.6 Å². The van der Waals surface area contributed by atoms with Crippen molar-refractivity contribution in [1.29, 1.82) is 0 Å². The Balaban J connectivity index is 1.97. The lowest BCUT2D eigenvalue weighted by molar-refractivity contribution is -0.142. The van der Waals surface area contributed by atoms with Crippen LogP contribution in [0, 0.1) is 12.3 Å². The van der Waals surface area contributed by atoms with Gasteiger partial charge in [-0.15, -0.1) is 0 Å². The standard InChI is InChI=1S/C27H28F3NO4/c1-5-26(3,4)23(25(33)34)31-24(32)21-13-9-18-14-16(2)6-12-20(18)22(21)35-15-17-7-10-19(11-8-17)27(28,29)30/h6-14,23H,5,15H2,1-4H3,(H,31,32)(H,33,34). The maximum atomic E-state index is 13.2. The molecule has 0 fully saturated rings. The molecule has 35 heavy (non-hydrogen) atoms. The van der Waals surface area contributed by atoms with Crippen LogP contribution in [0.2, 0.25) is 0 Å². The normalized spacial score (nSPS) is 12.9. The molecule has 0 spiro atoms. The van der Waals surface area contributed by atoms with Gasteiger partial charge < -0.3 is 15.2 Å². The summed E-state index contributed by atoms with van der Waals surface area (Å²) in [6, 6.07) is 12.4. The molecule has 5 nitrogen and oxygen atoms in total.